The molecule has 3 rings (SSSR count). The molecule has 0 radical (unpaired) electrons. The maximum absolute atomic E-state index is 12.5. The van der Waals surface area contributed by atoms with E-state index >= 15 is 0 Å². The number of esters is 1. The molecule has 0 bridgehead atoms. The quantitative estimate of drug-likeness (QED) is 0.518. The van der Waals surface area contributed by atoms with Gasteiger partial charge < -0.3 is 18.9 Å². The van der Waals surface area contributed by atoms with E-state index in [-0.39, 0.29) is 0 Å². The third-order valence-electron chi connectivity index (χ3n) is 3.86. The van der Waals surface area contributed by atoms with Gasteiger partial charge in [0.2, 0.25) is 0 Å². The Balaban J connectivity index is 1.89. The minimum Gasteiger partial charge on any atom is -0.497 e. The van der Waals surface area contributed by atoms with E-state index in [1.807, 2.05) is 24.3 Å². The van der Waals surface area contributed by atoms with E-state index in [9.17, 15) is 4.79 Å². The molecule has 0 fully saturated rings. The second-order valence-corrected chi connectivity index (χ2v) is 5.33. The molecule has 0 aliphatic carbocycles. The van der Waals surface area contributed by atoms with E-state index in [1.165, 1.54) is 7.11 Å². The molecule has 3 aromatic rings. The summed E-state index contributed by atoms with van der Waals surface area (Å²) in [6, 6.07) is 16.1. The van der Waals surface area contributed by atoms with Crippen LogP contribution in [0.15, 0.2) is 54.6 Å². The predicted molar refractivity (Wildman–Crippen MR) is 95.0 cm³/mol. The topological polar surface area (TPSA) is 54.0 Å². The lowest BCUT2D eigenvalue weighted by molar-refractivity contribution is 0.0731. The van der Waals surface area contributed by atoms with Crippen LogP contribution in [-0.4, -0.2) is 27.3 Å². The van der Waals surface area contributed by atoms with Crippen molar-refractivity contribution in [1.29, 1.82) is 0 Å². The van der Waals surface area contributed by atoms with Gasteiger partial charge >= 0.3 is 5.97 Å². The van der Waals surface area contributed by atoms with Crippen molar-refractivity contribution in [1.82, 2.24) is 0 Å². The molecule has 0 N–H and O–H groups in total. The minimum absolute atomic E-state index is 0.328. The van der Waals surface area contributed by atoms with Crippen molar-refractivity contribution < 1.29 is 23.7 Å². The molecule has 0 aromatic heterocycles. The van der Waals surface area contributed by atoms with Crippen LogP contribution >= 0.6 is 0 Å². The maximum atomic E-state index is 12.5. The third kappa shape index (κ3) is 3.50. The van der Waals surface area contributed by atoms with Crippen molar-refractivity contribution in [3.63, 3.8) is 0 Å². The highest BCUT2D eigenvalue weighted by molar-refractivity contribution is 5.95. The molecule has 5 nitrogen and oxygen atoms in total. The molecule has 128 valence electrons. The van der Waals surface area contributed by atoms with Crippen LogP contribution in [-0.2, 0) is 0 Å². The number of ether oxygens (including phenoxy) is 4. The molecule has 0 unspecified atom stereocenters. The standard InChI is InChI=1S/C20H18O5/c1-22-15-6-4-13-5-7-17(11-14(13)10-15)25-20(21)18-9-8-16(23-2)12-19(18)24-3/h4-12H,1-3H3. The molecule has 0 saturated carbocycles. The third-order valence-corrected chi connectivity index (χ3v) is 3.86. The highest BCUT2D eigenvalue weighted by Gasteiger charge is 2.16. The normalized spacial score (nSPS) is 10.4. The van der Waals surface area contributed by atoms with E-state index < -0.39 is 5.97 Å². The van der Waals surface area contributed by atoms with Crippen molar-refractivity contribution >= 4 is 16.7 Å². The number of fused-ring (bicyclic) bond motifs is 1. The monoisotopic (exact) mass is 338 g/mol. The predicted octanol–water partition coefficient (Wildman–Crippen LogP) is 4.08. The number of rotatable bonds is 5. The molecule has 3 aromatic carbocycles. The highest BCUT2D eigenvalue weighted by Crippen LogP contribution is 2.28. The van der Waals surface area contributed by atoms with Gasteiger partial charge in [0.05, 0.1) is 21.3 Å². The summed E-state index contributed by atoms with van der Waals surface area (Å²) in [5.74, 6) is 1.69. The fraction of sp³-hybridized carbons (Fsp3) is 0.150. The smallest absolute Gasteiger partial charge is 0.347 e. The Morgan fingerprint density at radius 2 is 1.28 bits per heavy atom. The minimum atomic E-state index is -0.498. The number of carbonyl (C=O) groups excluding carboxylic acids is 1. The second kappa shape index (κ2) is 7.13. The largest absolute Gasteiger partial charge is 0.497 e. The summed E-state index contributed by atoms with van der Waals surface area (Å²) < 4.78 is 21.1. The molecule has 0 amide bonds. The van der Waals surface area contributed by atoms with E-state index in [2.05, 4.69) is 0 Å². The first-order chi connectivity index (χ1) is 12.1. The second-order valence-electron chi connectivity index (χ2n) is 5.33. The molecule has 0 aliphatic rings. The molecule has 0 saturated heterocycles. The van der Waals surface area contributed by atoms with Gasteiger partial charge in [-0.15, -0.1) is 0 Å². The van der Waals surface area contributed by atoms with E-state index in [0.29, 0.717) is 22.8 Å². The van der Waals surface area contributed by atoms with Crippen molar-refractivity contribution in [2.75, 3.05) is 21.3 Å². The SMILES string of the molecule is COc1ccc(C(=O)Oc2ccc3ccc(OC)cc3c2)c(OC)c1. The zero-order valence-corrected chi connectivity index (χ0v) is 14.2. The molecule has 0 atom stereocenters. The van der Waals surface area contributed by atoms with Crippen molar-refractivity contribution in [2.24, 2.45) is 0 Å². The van der Waals surface area contributed by atoms with Crippen LogP contribution < -0.4 is 18.9 Å². The van der Waals surface area contributed by atoms with Gasteiger partial charge in [0.15, 0.2) is 0 Å². The van der Waals surface area contributed by atoms with E-state index in [0.717, 1.165) is 16.5 Å². The van der Waals surface area contributed by atoms with Crippen LogP contribution in [0.1, 0.15) is 10.4 Å². The van der Waals surface area contributed by atoms with Gasteiger partial charge in [-0.2, -0.15) is 0 Å². The van der Waals surface area contributed by atoms with Gasteiger partial charge in [-0.1, -0.05) is 12.1 Å². The van der Waals surface area contributed by atoms with Crippen LogP contribution in [0.2, 0.25) is 0 Å². The van der Waals surface area contributed by atoms with Crippen molar-refractivity contribution in [3.05, 3.63) is 60.2 Å². The summed E-state index contributed by atoms with van der Waals surface area (Å²) in [6.07, 6.45) is 0. The van der Waals surface area contributed by atoms with Gasteiger partial charge in [0, 0.05) is 6.07 Å². The lowest BCUT2D eigenvalue weighted by atomic mass is 10.1. The van der Waals surface area contributed by atoms with Gasteiger partial charge in [0.1, 0.15) is 28.6 Å². The fourth-order valence-corrected chi connectivity index (χ4v) is 2.52. The lowest BCUT2D eigenvalue weighted by Crippen LogP contribution is -2.10. The van der Waals surface area contributed by atoms with Gasteiger partial charge in [0.25, 0.3) is 0 Å². The first kappa shape index (κ1) is 16.6. The van der Waals surface area contributed by atoms with Crippen LogP contribution in [0.3, 0.4) is 0 Å². The molecular formula is C20H18O5. The molecule has 0 spiro atoms. The number of methoxy groups -OCH3 is 3. The van der Waals surface area contributed by atoms with E-state index in [4.69, 9.17) is 18.9 Å². The zero-order chi connectivity index (χ0) is 17.8. The summed E-state index contributed by atoms with van der Waals surface area (Å²) in [4.78, 5) is 12.5. The fourth-order valence-electron chi connectivity index (χ4n) is 2.52. The van der Waals surface area contributed by atoms with Gasteiger partial charge in [-0.3, -0.25) is 0 Å². The van der Waals surface area contributed by atoms with Crippen molar-refractivity contribution in [3.8, 4) is 23.0 Å². The number of hydrogen-bond acceptors (Lipinski definition) is 5. The molecule has 0 aliphatic heterocycles. The highest BCUT2D eigenvalue weighted by atomic mass is 16.5. The summed E-state index contributed by atoms with van der Waals surface area (Å²) in [6.45, 7) is 0. The zero-order valence-electron chi connectivity index (χ0n) is 14.2. The van der Waals surface area contributed by atoms with Gasteiger partial charge in [-0.05, 0) is 47.2 Å². The first-order valence-corrected chi connectivity index (χ1v) is 7.66. The number of hydrogen-bond donors (Lipinski definition) is 0. The van der Waals surface area contributed by atoms with Crippen LogP contribution in [0.25, 0.3) is 10.8 Å². The average Bonchev–Trinajstić information content (AvgIpc) is 2.66. The average molecular weight is 338 g/mol. The van der Waals surface area contributed by atoms with Crippen LogP contribution in [0.5, 0.6) is 23.0 Å². The Hall–Kier alpha value is -3.21. The summed E-state index contributed by atoms with van der Waals surface area (Å²) >= 11 is 0. The molecular weight excluding hydrogens is 320 g/mol. The van der Waals surface area contributed by atoms with Gasteiger partial charge in [-0.25, -0.2) is 4.79 Å². The Morgan fingerprint density at radius 3 is 1.96 bits per heavy atom. The summed E-state index contributed by atoms with van der Waals surface area (Å²) in [5, 5.41) is 1.95. The van der Waals surface area contributed by atoms with Crippen LogP contribution in [0.4, 0.5) is 0 Å². The summed E-state index contributed by atoms with van der Waals surface area (Å²) in [7, 11) is 4.66. The first-order valence-electron chi connectivity index (χ1n) is 7.66. The maximum Gasteiger partial charge on any atom is 0.347 e. The Morgan fingerprint density at radius 1 is 0.680 bits per heavy atom. The van der Waals surface area contributed by atoms with Crippen molar-refractivity contribution in [2.45, 2.75) is 0 Å². The Bertz CT molecular complexity index is 917. The lowest BCUT2D eigenvalue weighted by Gasteiger charge is -2.11. The Labute approximate surface area is 145 Å². The molecule has 5 heteroatoms. The van der Waals surface area contributed by atoms with Crippen LogP contribution in [0, 0.1) is 0 Å². The number of carbonyl (C=O) groups is 1. The Kier molecular flexibility index (Phi) is 4.75. The molecule has 0 heterocycles. The summed E-state index contributed by atoms with van der Waals surface area (Å²) in [5.41, 5.74) is 0.328. The molecule has 25 heavy (non-hydrogen) atoms. The number of benzene rings is 3. The van der Waals surface area contributed by atoms with E-state index in [1.54, 1.807) is 44.6 Å².